The summed E-state index contributed by atoms with van der Waals surface area (Å²) in [7, 11) is 0. The van der Waals surface area contributed by atoms with Gasteiger partial charge in [0.25, 0.3) is 5.91 Å². The molecule has 0 N–H and O–H groups in total. The molecule has 7 heteroatoms. The normalized spacial score (nSPS) is 21.7. The molecule has 1 spiro atoms. The molecular formula is C20H29N3O4. The first-order valence-electron chi connectivity index (χ1n) is 10.3. The fourth-order valence-corrected chi connectivity index (χ4v) is 4.17. The summed E-state index contributed by atoms with van der Waals surface area (Å²) in [6.07, 6.45) is 9.27. The molecular weight excluding hydrogens is 346 g/mol. The van der Waals surface area contributed by atoms with E-state index in [2.05, 4.69) is 11.9 Å². The molecule has 0 aromatic carbocycles. The van der Waals surface area contributed by atoms with Crippen molar-refractivity contribution in [3.8, 4) is 0 Å². The highest BCUT2D eigenvalue weighted by Gasteiger charge is 2.47. The standard InChI is InChI=1S/C20H29N3O4/c1-2-3-4-5-10-23-13-20(27-19(23)25)8-11-22(12-9-20)18(24)16-17(15-6-7-15)26-14-21-16/h14-15H,2-13H2,1H3. The molecule has 1 aliphatic carbocycles. The third-order valence-corrected chi connectivity index (χ3v) is 6.03. The first-order chi connectivity index (χ1) is 13.1. The van der Waals surface area contributed by atoms with Crippen molar-refractivity contribution in [2.75, 3.05) is 26.2 Å². The molecule has 1 aromatic heterocycles. The molecule has 3 fully saturated rings. The maximum Gasteiger partial charge on any atom is 0.410 e. The highest BCUT2D eigenvalue weighted by atomic mass is 16.6. The highest BCUT2D eigenvalue weighted by molar-refractivity contribution is 5.93. The smallest absolute Gasteiger partial charge is 0.410 e. The lowest BCUT2D eigenvalue weighted by Crippen LogP contribution is -2.49. The van der Waals surface area contributed by atoms with Crippen LogP contribution in [-0.4, -0.2) is 58.6 Å². The summed E-state index contributed by atoms with van der Waals surface area (Å²) in [5, 5.41) is 0. The van der Waals surface area contributed by atoms with Crippen LogP contribution in [0.2, 0.25) is 0 Å². The lowest BCUT2D eigenvalue weighted by molar-refractivity contribution is 0.00293. The van der Waals surface area contributed by atoms with E-state index in [4.69, 9.17) is 9.15 Å². The van der Waals surface area contributed by atoms with E-state index in [1.54, 1.807) is 0 Å². The minimum atomic E-state index is -0.429. The van der Waals surface area contributed by atoms with Gasteiger partial charge in [-0.15, -0.1) is 0 Å². The van der Waals surface area contributed by atoms with E-state index in [0.717, 1.165) is 38.0 Å². The molecule has 0 radical (unpaired) electrons. The fourth-order valence-electron chi connectivity index (χ4n) is 4.17. The number of likely N-dealkylation sites (tertiary alicyclic amines) is 1. The van der Waals surface area contributed by atoms with Gasteiger partial charge in [-0.3, -0.25) is 4.79 Å². The number of oxazole rings is 1. The molecule has 0 atom stereocenters. The lowest BCUT2D eigenvalue weighted by Gasteiger charge is -2.37. The number of rotatable bonds is 7. The Bertz CT molecular complexity index is 689. The Morgan fingerprint density at radius 3 is 2.74 bits per heavy atom. The first-order valence-corrected chi connectivity index (χ1v) is 10.3. The summed E-state index contributed by atoms with van der Waals surface area (Å²) in [6, 6.07) is 0. The number of piperidine rings is 1. The van der Waals surface area contributed by atoms with E-state index in [1.165, 1.54) is 19.2 Å². The molecule has 148 valence electrons. The molecule has 4 rings (SSSR count). The Balaban J connectivity index is 1.31. The molecule has 1 aromatic rings. The largest absolute Gasteiger partial charge is 0.447 e. The Kier molecular flexibility index (Phi) is 5.10. The number of nitrogens with zero attached hydrogens (tertiary/aromatic N) is 3. The molecule has 7 nitrogen and oxygen atoms in total. The predicted molar refractivity (Wildman–Crippen MR) is 98.5 cm³/mol. The number of unbranched alkanes of at least 4 members (excludes halogenated alkanes) is 3. The van der Waals surface area contributed by atoms with E-state index < -0.39 is 5.60 Å². The maximum atomic E-state index is 12.8. The summed E-state index contributed by atoms with van der Waals surface area (Å²) in [6.45, 7) is 4.78. The SMILES string of the molecule is CCCCCCN1CC2(CCN(C(=O)c3ncoc3C3CC3)CC2)OC1=O. The van der Waals surface area contributed by atoms with Crippen LogP contribution in [-0.2, 0) is 4.74 Å². The fraction of sp³-hybridized carbons (Fsp3) is 0.750. The van der Waals surface area contributed by atoms with Crippen LogP contribution in [0, 0.1) is 0 Å². The van der Waals surface area contributed by atoms with Crippen molar-refractivity contribution in [3.63, 3.8) is 0 Å². The number of hydrogen-bond donors (Lipinski definition) is 0. The van der Waals surface area contributed by atoms with Gasteiger partial charge in [0.1, 0.15) is 11.4 Å². The third-order valence-electron chi connectivity index (χ3n) is 6.03. The van der Waals surface area contributed by atoms with Gasteiger partial charge in [-0.25, -0.2) is 9.78 Å². The van der Waals surface area contributed by atoms with Crippen LogP contribution >= 0.6 is 0 Å². The van der Waals surface area contributed by atoms with E-state index in [9.17, 15) is 9.59 Å². The summed E-state index contributed by atoms with van der Waals surface area (Å²) in [5.74, 6) is 1.05. The van der Waals surface area contributed by atoms with Gasteiger partial charge < -0.3 is 19.0 Å². The van der Waals surface area contributed by atoms with Crippen molar-refractivity contribution in [3.05, 3.63) is 17.8 Å². The van der Waals surface area contributed by atoms with E-state index in [-0.39, 0.29) is 12.0 Å². The van der Waals surface area contributed by atoms with Gasteiger partial charge in [0, 0.05) is 38.4 Å². The second-order valence-electron chi connectivity index (χ2n) is 8.16. The van der Waals surface area contributed by atoms with Crippen LogP contribution in [0.4, 0.5) is 4.79 Å². The average molecular weight is 375 g/mol. The van der Waals surface area contributed by atoms with E-state index in [0.29, 0.717) is 44.1 Å². The zero-order valence-corrected chi connectivity index (χ0v) is 16.1. The summed E-state index contributed by atoms with van der Waals surface area (Å²) in [5.41, 5.74) is 0.0383. The van der Waals surface area contributed by atoms with Crippen LogP contribution in [0.25, 0.3) is 0 Å². The molecule has 2 amide bonds. The molecule has 27 heavy (non-hydrogen) atoms. The Morgan fingerprint density at radius 1 is 1.26 bits per heavy atom. The van der Waals surface area contributed by atoms with Crippen molar-refractivity contribution >= 4 is 12.0 Å². The molecule has 3 heterocycles. The van der Waals surface area contributed by atoms with Crippen LogP contribution in [0.1, 0.15) is 80.5 Å². The van der Waals surface area contributed by atoms with Gasteiger partial charge in [0.05, 0.1) is 6.54 Å². The monoisotopic (exact) mass is 375 g/mol. The Hall–Kier alpha value is -2.05. The second kappa shape index (κ2) is 7.52. The third kappa shape index (κ3) is 3.82. The van der Waals surface area contributed by atoms with Crippen LogP contribution in [0.3, 0.4) is 0 Å². The molecule has 1 saturated carbocycles. The van der Waals surface area contributed by atoms with Gasteiger partial charge >= 0.3 is 6.09 Å². The molecule has 2 aliphatic heterocycles. The Morgan fingerprint density at radius 2 is 2.04 bits per heavy atom. The summed E-state index contributed by atoms with van der Waals surface area (Å²) >= 11 is 0. The quantitative estimate of drug-likeness (QED) is 0.681. The van der Waals surface area contributed by atoms with Gasteiger partial charge in [-0.05, 0) is 19.3 Å². The zero-order chi connectivity index (χ0) is 18.9. The van der Waals surface area contributed by atoms with Crippen molar-refractivity contribution in [2.24, 2.45) is 0 Å². The number of carbonyl (C=O) groups is 2. The molecule has 0 bridgehead atoms. The van der Waals surface area contributed by atoms with Crippen molar-refractivity contribution in [2.45, 2.75) is 69.8 Å². The van der Waals surface area contributed by atoms with E-state index in [1.807, 2.05) is 9.80 Å². The molecule has 0 unspecified atom stereocenters. The second-order valence-corrected chi connectivity index (χ2v) is 8.16. The molecule has 2 saturated heterocycles. The van der Waals surface area contributed by atoms with E-state index >= 15 is 0 Å². The van der Waals surface area contributed by atoms with Crippen LogP contribution in [0.15, 0.2) is 10.8 Å². The zero-order valence-electron chi connectivity index (χ0n) is 16.1. The van der Waals surface area contributed by atoms with Gasteiger partial charge in [0.2, 0.25) is 0 Å². The predicted octanol–water partition coefficient (Wildman–Crippen LogP) is 3.56. The Labute approximate surface area is 160 Å². The van der Waals surface area contributed by atoms with Gasteiger partial charge in [-0.2, -0.15) is 0 Å². The minimum absolute atomic E-state index is 0.0544. The minimum Gasteiger partial charge on any atom is -0.447 e. The maximum absolute atomic E-state index is 12.8. The number of amides is 2. The first kappa shape index (κ1) is 18.3. The summed E-state index contributed by atoms with van der Waals surface area (Å²) in [4.78, 5) is 32.9. The summed E-state index contributed by atoms with van der Waals surface area (Å²) < 4.78 is 11.2. The van der Waals surface area contributed by atoms with Gasteiger partial charge in [0.15, 0.2) is 12.1 Å². The van der Waals surface area contributed by atoms with Crippen molar-refractivity contribution in [1.29, 1.82) is 0 Å². The number of ether oxygens (including phenoxy) is 1. The topological polar surface area (TPSA) is 75.9 Å². The van der Waals surface area contributed by atoms with Crippen molar-refractivity contribution < 1.29 is 18.7 Å². The van der Waals surface area contributed by atoms with Crippen LogP contribution in [0.5, 0.6) is 0 Å². The van der Waals surface area contributed by atoms with Crippen molar-refractivity contribution in [1.82, 2.24) is 14.8 Å². The number of carbonyl (C=O) groups excluding carboxylic acids is 2. The van der Waals surface area contributed by atoms with Crippen LogP contribution < -0.4 is 0 Å². The number of hydrogen-bond acceptors (Lipinski definition) is 5. The number of aromatic nitrogens is 1. The average Bonchev–Trinajstić information content (AvgIpc) is 3.32. The lowest BCUT2D eigenvalue weighted by atomic mass is 9.91. The molecule has 3 aliphatic rings. The van der Waals surface area contributed by atoms with Gasteiger partial charge in [-0.1, -0.05) is 26.2 Å². The highest BCUT2D eigenvalue weighted by Crippen LogP contribution is 2.42.